The summed E-state index contributed by atoms with van der Waals surface area (Å²) in [6, 6.07) is 0. The average molecular weight is 526 g/mol. The highest BCUT2D eigenvalue weighted by molar-refractivity contribution is 5.95. The lowest BCUT2D eigenvalue weighted by Gasteiger charge is -2.15. The maximum atomic E-state index is 9.68. The molecule has 0 radical (unpaired) electrons. The molecule has 0 fully saturated rings. The highest BCUT2D eigenvalue weighted by Crippen LogP contribution is 2.21. The topological polar surface area (TPSA) is 117 Å². The smallest absolute Gasteiger partial charge is 0.195 e. The van der Waals surface area contributed by atoms with Gasteiger partial charge in [-0.1, -0.05) is 132 Å². The number of nitrogens with one attached hydrogen (secondary N) is 2. The zero-order valence-electron chi connectivity index (χ0n) is 26.2. The maximum absolute atomic E-state index is 9.68. The predicted octanol–water partition coefficient (Wildman–Crippen LogP) is 8.43. The fourth-order valence-corrected chi connectivity index (χ4v) is 3.87. The molecule has 0 aromatic carbocycles. The van der Waals surface area contributed by atoms with Gasteiger partial charge in [-0.3, -0.25) is 15.7 Å². The normalized spacial score (nSPS) is 12.8. The molecular formula is C31H67N5O. The van der Waals surface area contributed by atoms with E-state index in [4.69, 9.17) is 16.9 Å². The number of carbonyl (C=O) groups is 1. The van der Waals surface area contributed by atoms with E-state index in [1.54, 1.807) is 0 Å². The molecule has 0 saturated heterocycles. The van der Waals surface area contributed by atoms with Crippen LogP contribution < -0.4 is 16.8 Å². The molecule has 0 saturated carbocycles. The van der Waals surface area contributed by atoms with Gasteiger partial charge in [0.1, 0.15) is 6.29 Å². The number of hydrogen-bond donors (Lipinski definition) is 4. The lowest BCUT2D eigenvalue weighted by atomic mass is 9.91. The molecule has 0 heterocycles. The number of carbonyl (C=O) groups excluding carboxylic acids is 1. The lowest BCUT2D eigenvalue weighted by molar-refractivity contribution is -0.107. The van der Waals surface area contributed by atoms with E-state index in [1.165, 1.54) is 70.6 Å². The molecule has 222 valence electrons. The van der Waals surface area contributed by atoms with E-state index in [9.17, 15) is 4.79 Å². The van der Waals surface area contributed by atoms with Crippen LogP contribution in [-0.4, -0.2) is 24.8 Å². The zero-order chi connectivity index (χ0) is 28.9. The standard InChI is InChI=1S/C19H40.C6H15N5.C6H12O/c1-16(2)10-7-12-18(5)14-9-15-19(6)13-8-11-17(3)4;1-2-3-4-10-6(9)11-5(7)8;1-2-3-4-5-6-7/h16-19H,7-15H2,1-6H3;2-4H2,1H3,(H6,7,8,9,10,11);6H,2-5H2,1H3. The molecule has 0 aromatic heterocycles. The van der Waals surface area contributed by atoms with Crippen LogP contribution in [0.1, 0.15) is 152 Å². The summed E-state index contributed by atoms with van der Waals surface area (Å²) in [5.41, 5.74) is 10.3. The van der Waals surface area contributed by atoms with Gasteiger partial charge in [0.15, 0.2) is 11.9 Å². The number of nitrogens with zero attached hydrogens (tertiary/aromatic N) is 1. The molecule has 0 bridgehead atoms. The predicted molar refractivity (Wildman–Crippen MR) is 166 cm³/mol. The minimum absolute atomic E-state index is 0.178. The Morgan fingerprint density at radius 1 is 0.730 bits per heavy atom. The molecule has 0 aliphatic carbocycles. The van der Waals surface area contributed by atoms with Crippen molar-refractivity contribution in [1.82, 2.24) is 5.32 Å². The number of rotatable bonds is 19. The van der Waals surface area contributed by atoms with Gasteiger partial charge in [0.05, 0.1) is 0 Å². The van der Waals surface area contributed by atoms with Gasteiger partial charge in [-0.05, 0) is 36.5 Å². The van der Waals surface area contributed by atoms with E-state index >= 15 is 0 Å². The third-order valence-electron chi connectivity index (χ3n) is 6.33. The Hall–Kier alpha value is -1.59. The average Bonchev–Trinajstić information content (AvgIpc) is 2.79. The van der Waals surface area contributed by atoms with Crippen LogP contribution in [0.3, 0.4) is 0 Å². The molecule has 0 spiro atoms. The van der Waals surface area contributed by atoms with Gasteiger partial charge >= 0.3 is 0 Å². The van der Waals surface area contributed by atoms with Crippen LogP contribution in [0.25, 0.3) is 0 Å². The molecule has 37 heavy (non-hydrogen) atoms. The highest BCUT2D eigenvalue weighted by atomic mass is 16.1. The molecule has 6 heteroatoms. The molecule has 2 unspecified atom stereocenters. The highest BCUT2D eigenvalue weighted by Gasteiger charge is 2.06. The Labute approximate surface area is 232 Å². The van der Waals surface area contributed by atoms with Crippen molar-refractivity contribution < 1.29 is 4.79 Å². The summed E-state index contributed by atoms with van der Waals surface area (Å²) in [6.07, 6.45) is 20.2. The van der Waals surface area contributed by atoms with Gasteiger partial charge < -0.3 is 16.3 Å². The fraction of sp³-hybridized carbons (Fsp3) is 0.903. The summed E-state index contributed by atoms with van der Waals surface area (Å²) in [4.78, 5) is 13.6. The van der Waals surface area contributed by atoms with E-state index in [0.717, 1.165) is 55.6 Å². The van der Waals surface area contributed by atoms with E-state index in [2.05, 4.69) is 65.7 Å². The monoisotopic (exact) mass is 526 g/mol. The van der Waals surface area contributed by atoms with Crippen molar-refractivity contribution in [2.24, 2.45) is 40.1 Å². The van der Waals surface area contributed by atoms with Crippen molar-refractivity contribution in [2.75, 3.05) is 6.54 Å². The Morgan fingerprint density at radius 2 is 1.16 bits per heavy atom. The lowest BCUT2D eigenvalue weighted by Crippen LogP contribution is -2.40. The number of aliphatic imine (C=N–C) groups is 1. The van der Waals surface area contributed by atoms with Crippen molar-refractivity contribution in [2.45, 2.75) is 152 Å². The van der Waals surface area contributed by atoms with Gasteiger partial charge in [0.25, 0.3) is 0 Å². The second-order valence-corrected chi connectivity index (χ2v) is 11.6. The molecular weight excluding hydrogens is 458 g/mol. The van der Waals surface area contributed by atoms with Crippen LogP contribution in [0, 0.1) is 29.1 Å². The molecule has 6 nitrogen and oxygen atoms in total. The summed E-state index contributed by atoms with van der Waals surface area (Å²) >= 11 is 0. The van der Waals surface area contributed by atoms with Crippen LogP contribution >= 0.6 is 0 Å². The number of hydrogen-bond acceptors (Lipinski definition) is 3. The summed E-state index contributed by atoms with van der Waals surface area (Å²) in [6.45, 7) is 19.1. The Bertz CT molecular complexity index is 500. The Balaban J connectivity index is -0.000000539. The van der Waals surface area contributed by atoms with E-state index in [0.29, 0.717) is 6.54 Å². The van der Waals surface area contributed by atoms with Gasteiger partial charge in [-0.2, -0.15) is 0 Å². The quantitative estimate of drug-likeness (QED) is 0.0585. The van der Waals surface area contributed by atoms with Crippen LogP contribution in [0.2, 0.25) is 0 Å². The largest absolute Gasteiger partial charge is 0.370 e. The van der Waals surface area contributed by atoms with Crippen LogP contribution in [0.4, 0.5) is 0 Å². The molecule has 2 atom stereocenters. The van der Waals surface area contributed by atoms with Gasteiger partial charge in [-0.15, -0.1) is 0 Å². The molecule has 0 amide bonds. The summed E-state index contributed by atoms with van der Waals surface area (Å²) in [7, 11) is 0. The van der Waals surface area contributed by atoms with Crippen LogP contribution in [0.5, 0.6) is 0 Å². The molecule has 0 aromatic rings. The second-order valence-electron chi connectivity index (χ2n) is 11.6. The Morgan fingerprint density at radius 3 is 1.51 bits per heavy atom. The number of nitrogens with two attached hydrogens (primary N) is 2. The number of guanidine groups is 2. The molecule has 0 aliphatic rings. The molecule has 0 rings (SSSR count). The van der Waals surface area contributed by atoms with Crippen LogP contribution in [0.15, 0.2) is 4.99 Å². The second kappa shape index (κ2) is 30.6. The van der Waals surface area contributed by atoms with Gasteiger partial charge in [-0.25, -0.2) is 0 Å². The van der Waals surface area contributed by atoms with Crippen molar-refractivity contribution in [1.29, 1.82) is 5.41 Å². The van der Waals surface area contributed by atoms with Gasteiger partial charge in [0, 0.05) is 13.0 Å². The first-order valence-corrected chi connectivity index (χ1v) is 15.3. The van der Waals surface area contributed by atoms with E-state index in [1.807, 2.05) is 0 Å². The maximum Gasteiger partial charge on any atom is 0.195 e. The van der Waals surface area contributed by atoms with E-state index in [-0.39, 0.29) is 11.9 Å². The number of aldehydes is 1. The van der Waals surface area contributed by atoms with Crippen LogP contribution in [-0.2, 0) is 4.79 Å². The van der Waals surface area contributed by atoms with Crippen molar-refractivity contribution in [3.05, 3.63) is 0 Å². The molecule has 0 aliphatic heterocycles. The van der Waals surface area contributed by atoms with Crippen molar-refractivity contribution in [3.8, 4) is 0 Å². The Kier molecular flexibility index (Phi) is 33.0. The first kappa shape index (κ1) is 39.9. The fourth-order valence-electron chi connectivity index (χ4n) is 3.87. The minimum Gasteiger partial charge on any atom is -0.370 e. The van der Waals surface area contributed by atoms with Crippen molar-refractivity contribution in [3.63, 3.8) is 0 Å². The summed E-state index contributed by atoms with van der Waals surface area (Å²) < 4.78 is 0. The van der Waals surface area contributed by atoms with Gasteiger partial charge in [0.2, 0.25) is 0 Å². The van der Waals surface area contributed by atoms with Crippen molar-refractivity contribution >= 4 is 18.2 Å². The SMILES string of the molecule is CC(C)CCCC(C)CCCC(C)CCCC(C)C.CCCCCC=O.CCCCN=C(N)NC(=N)N. The first-order chi connectivity index (χ1) is 17.5. The van der Waals surface area contributed by atoms with E-state index < -0.39 is 0 Å². The zero-order valence-corrected chi connectivity index (χ0v) is 26.2. The minimum atomic E-state index is -0.178. The first-order valence-electron chi connectivity index (χ1n) is 15.3. The third-order valence-corrected chi connectivity index (χ3v) is 6.33. The summed E-state index contributed by atoms with van der Waals surface area (Å²) in [5, 5.41) is 9.20. The summed E-state index contributed by atoms with van der Waals surface area (Å²) in [5.74, 6) is 3.69. The number of unbranched alkanes of at least 4 members (excludes halogenated alkanes) is 4. The third kappa shape index (κ3) is 41.8. The molecule has 6 N–H and O–H groups in total.